The molecule has 0 aliphatic carbocycles. The van der Waals surface area contributed by atoms with Crippen LogP contribution in [0, 0.1) is 5.82 Å². The highest BCUT2D eigenvalue weighted by Gasteiger charge is 2.15. The molecule has 0 unspecified atom stereocenters. The van der Waals surface area contributed by atoms with Crippen molar-refractivity contribution in [2.45, 2.75) is 12.8 Å². The molecule has 1 aromatic heterocycles. The number of carboxylic acids is 1. The maximum absolute atomic E-state index is 13.2. The zero-order valence-corrected chi connectivity index (χ0v) is 11.8. The van der Waals surface area contributed by atoms with Gasteiger partial charge < -0.3 is 9.67 Å². The Morgan fingerprint density at radius 1 is 1.53 bits per heavy atom. The Kier molecular flexibility index (Phi) is 3.99. The number of carboxylic acid groups (broad SMARTS) is 1. The molecule has 0 fully saturated rings. The summed E-state index contributed by atoms with van der Waals surface area (Å²) in [5.41, 5.74) is 1.44. The van der Waals surface area contributed by atoms with Gasteiger partial charge in [0.05, 0.1) is 12.1 Å². The number of aliphatic carboxylic acids is 1. The fourth-order valence-corrected chi connectivity index (χ4v) is 2.51. The molecule has 0 saturated heterocycles. The molecule has 100 valence electrons. The van der Waals surface area contributed by atoms with E-state index in [0.717, 1.165) is 5.69 Å². The minimum atomic E-state index is -0.861. The number of aromatic nitrogens is 2. The van der Waals surface area contributed by atoms with Crippen molar-refractivity contribution in [3.63, 3.8) is 0 Å². The first-order valence-electron chi connectivity index (χ1n) is 5.68. The molecule has 19 heavy (non-hydrogen) atoms. The fraction of sp³-hybridized carbons (Fsp3) is 0.231. The predicted molar refractivity (Wildman–Crippen MR) is 72.3 cm³/mol. The van der Waals surface area contributed by atoms with Gasteiger partial charge in [0, 0.05) is 19.0 Å². The van der Waals surface area contributed by atoms with Crippen LogP contribution in [-0.4, -0.2) is 20.6 Å². The van der Waals surface area contributed by atoms with Gasteiger partial charge in [0.25, 0.3) is 0 Å². The second-order valence-corrected chi connectivity index (χ2v) is 4.89. The van der Waals surface area contributed by atoms with Gasteiger partial charge in [-0.3, -0.25) is 4.79 Å². The largest absolute Gasteiger partial charge is 0.481 e. The van der Waals surface area contributed by atoms with Crippen molar-refractivity contribution in [2.75, 3.05) is 0 Å². The summed E-state index contributed by atoms with van der Waals surface area (Å²) >= 11 is 3.32. The minimum absolute atomic E-state index is 0.0285. The third-order valence-electron chi connectivity index (χ3n) is 2.82. The van der Waals surface area contributed by atoms with E-state index in [4.69, 9.17) is 5.11 Å². The van der Waals surface area contributed by atoms with Crippen LogP contribution in [0.5, 0.6) is 0 Å². The number of hydrogen-bond donors (Lipinski definition) is 1. The fourth-order valence-electron chi connectivity index (χ4n) is 1.88. The Morgan fingerprint density at radius 3 is 2.89 bits per heavy atom. The number of benzene rings is 1. The van der Waals surface area contributed by atoms with E-state index < -0.39 is 5.97 Å². The highest BCUT2D eigenvalue weighted by Crippen LogP contribution is 2.26. The van der Waals surface area contributed by atoms with Crippen molar-refractivity contribution >= 4 is 21.9 Å². The summed E-state index contributed by atoms with van der Waals surface area (Å²) in [6, 6.07) is 6.14. The molecule has 4 nitrogen and oxygen atoms in total. The molecule has 0 radical (unpaired) electrons. The molecule has 0 spiro atoms. The smallest absolute Gasteiger partial charge is 0.303 e. The third-order valence-corrected chi connectivity index (χ3v) is 3.46. The third kappa shape index (κ3) is 3.01. The van der Waals surface area contributed by atoms with Crippen LogP contribution in [0.15, 0.2) is 28.9 Å². The summed E-state index contributed by atoms with van der Waals surface area (Å²) in [6.45, 7) is 0. The van der Waals surface area contributed by atoms with Crippen molar-refractivity contribution in [3.8, 4) is 11.4 Å². The lowest BCUT2D eigenvalue weighted by Crippen LogP contribution is -2.03. The minimum Gasteiger partial charge on any atom is -0.481 e. The number of imidazole rings is 1. The van der Waals surface area contributed by atoms with Crippen LogP contribution < -0.4 is 0 Å². The van der Waals surface area contributed by atoms with E-state index in [1.165, 1.54) is 12.1 Å². The predicted octanol–water partition coefficient (Wildman–Crippen LogP) is 3.01. The Morgan fingerprint density at radius 2 is 2.26 bits per heavy atom. The van der Waals surface area contributed by atoms with Gasteiger partial charge in [0.2, 0.25) is 0 Å². The zero-order chi connectivity index (χ0) is 14.0. The van der Waals surface area contributed by atoms with Crippen LogP contribution in [0.4, 0.5) is 4.39 Å². The van der Waals surface area contributed by atoms with Crippen LogP contribution in [-0.2, 0) is 18.3 Å². The van der Waals surface area contributed by atoms with Gasteiger partial charge in [0.15, 0.2) is 0 Å². The SMILES string of the molecule is Cn1c(-c2cccc(F)c2)nc(Br)c1CCC(=O)O. The summed E-state index contributed by atoms with van der Waals surface area (Å²) in [4.78, 5) is 14.9. The van der Waals surface area contributed by atoms with Gasteiger partial charge in [0.1, 0.15) is 16.2 Å². The molecular formula is C13H12BrFN2O2. The van der Waals surface area contributed by atoms with E-state index in [9.17, 15) is 9.18 Å². The first-order chi connectivity index (χ1) is 8.99. The van der Waals surface area contributed by atoms with Gasteiger partial charge in [-0.1, -0.05) is 12.1 Å². The van der Waals surface area contributed by atoms with Crippen LogP contribution in [0.3, 0.4) is 0 Å². The number of rotatable bonds is 4. The van der Waals surface area contributed by atoms with Gasteiger partial charge in [-0.15, -0.1) is 0 Å². The molecule has 0 aliphatic heterocycles. The van der Waals surface area contributed by atoms with Crippen molar-refractivity contribution in [1.29, 1.82) is 0 Å². The summed E-state index contributed by atoms with van der Waals surface area (Å²) in [5.74, 6) is -0.587. The van der Waals surface area contributed by atoms with E-state index in [-0.39, 0.29) is 12.2 Å². The maximum Gasteiger partial charge on any atom is 0.303 e. The molecular weight excluding hydrogens is 315 g/mol. The quantitative estimate of drug-likeness (QED) is 0.939. The van der Waals surface area contributed by atoms with Crippen molar-refractivity contribution in [3.05, 3.63) is 40.4 Å². The molecule has 1 heterocycles. The second-order valence-electron chi connectivity index (χ2n) is 4.14. The highest BCUT2D eigenvalue weighted by atomic mass is 79.9. The number of nitrogens with zero attached hydrogens (tertiary/aromatic N) is 2. The van der Waals surface area contributed by atoms with Crippen LogP contribution in [0.1, 0.15) is 12.1 Å². The van der Waals surface area contributed by atoms with Crippen LogP contribution in [0.25, 0.3) is 11.4 Å². The van der Waals surface area contributed by atoms with Gasteiger partial charge in [-0.2, -0.15) is 0 Å². The zero-order valence-electron chi connectivity index (χ0n) is 10.2. The van der Waals surface area contributed by atoms with E-state index in [1.54, 1.807) is 23.7 Å². The summed E-state index contributed by atoms with van der Waals surface area (Å²) in [5, 5.41) is 8.72. The van der Waals surface area contributed by atoms with Crippen molar-refractivity contribution in [2.24, 2.45) is 7.05 Å². The number of carbonyl (C=O) groups is 1. The normalized spacial score (nSPS) is 10.7. The van der Waals surface area contributed by atoms with Gasteiger partial charge in [-0.05, 0) is 28.1 Å². The maximum atomic E-state index is 13.2. The molecule has 1 N–H and O–H groups in total. The Labute approximate surface area is 118 Å². The first-order valence-corrected chi connectivity index (χ1v) is 6.47. The van der Waals surface area contributed by atoms with Crippen LogP contribution in [0.2, 0.25) is 0 Å². The van der Waals surface area contributed by atoms with E-state index in [2.05, 4.69) is 20.9 Å². The topological polar surface area (TPSA) is 55.1 Å². The molecule has 0 atom stereocenters. The Hall–Kier alpha value is -1.69. The molecule has 0 amide bonds. The lowest BCUT2D eigenvalue weighted by Gasteiger charge is -2.05. The number of halogens is 2. The van der Waals surface area contributed by atoms with Crippen LogP contribution >= 0.6 is 15.9 Å². The average Bonchev–Trinajstić information content (AvgIpc) is 2.62. The van der Waals surface area contributed by atoms with Crippen molar-refractivity contribution < 1.29 is 14.3 Å². The lowest BCUT2D eigenvalue weighted by atomic mass is 10.2. The van der Waals surface area contributed by atoms with E-state index >= 15 is 0 Å². The monoisotopic (exact) mass is 326 g/mol. The molecule has 2 aromatic rings. The molecule has 0 aliphatic rings. The summed E-state index contributed by atoms with van der Waals surface area (Å²) in [6.07, 6.45) is 0.398. The standard InChI is InChI=1S/C13H12BrFN2O2/c1-17-10(5-6-11(18)19)12(14)16-13(17)8-3-2-4-9(15)7-8/h2-4,7H,5-6H2,1H3,(H,18,19). The van der Waals surface area contributed by atoms with E-state index in [0.29, 0.717) is 22.4 Å². The highest BCUT2D eigenvalue weighted by molar-refractivity contribution is 9.10. The second kappa shape index (κ2) is 5.52. The summed E-state index contributed by atoms with van der Waals surface area (Å²) in [7, 11) is 1.79. The molecule has 0 bridgehead atoms. The first kappa shape index (κ1) is 13.7. The van der Waals surface area contributed by atoms with E-state index in [1.807, 2.05) is 0 Å². The molecule has 0 saturated carbocycles. The average molecular weight is 327 g/mol. The Balaban J connectivity index is 2.38. The molecule has 1 aromatic carbocycles. The molecule has 2 rings (SSSR count). The Bertz CT molecular complexity index is 625. The van der Waals surface area contributed by atoms with Crippen molar-refractivity contribution in [1.82, 2.24) is 9.55 Å². The lowest BCUT2D eigenvalue weighted by molar-refractivity contribution is -0.136. The number of hydrogen-bond acceptors (Lipinski definition) is 2. The summed E-state index contributed by atoms with van der Waals surface area (Å²) < 4.78 is 15.6. The van der Waals surface area contributed by atoms with Gasteiger partial charge >= 0.3 is 5.97 Å². The molecule has 6 heteroatoms. The van der Waals surface area contributed by atoms with Gasteiger partial charge in [-0.25, -0.2) is 9.37 Å².